The molecule has 1 heterocycles. The van der Waals surface area contributed by atoms with Crippen molar-refractivity contribution in [2.45, 2.75) is 48.0 Å². The number of halogens is 5. The molecular weight excluding hydrogens is 548 g/mol. The summed E-state index contributed by atoms with van der Waals surface area (Å²) < 4.78 is 91.3. The minimum atomic E-state index is -4.23. The van der Waals surface area contributed by atoms with Crippen LogP contribution in [-0.4, -0.2) is 20.5 Å². The van der Waals surface area contributed by atoms with E-state index >= 15 is 4.39 Å². The Hall–Kier alpha value is -3.11. The first-order valence-electron chi connectivity index (χ1n) is 11.8. The van der Waals surface area contributed by atoms with E-state index in [-0.39, 0.29) is 65.5 Å². The average molecular weight is 569 g/mol. The Kier molecular flexibility index (Phi) is 6.67. The van der Waals surface area contributed by atoms with E-state index in [9.17, 15) is 26.4 Å². The summed E-state index contributed by atoms with van der Waals surface area (Å²) in [6, 6.07) is 12.2. The minimum absolute atomic E-state index is 0.0681. The van der Waals surface area contributed by atoms with Gasteiger partial charge in [0.2, 0.25) is 0 Å². The van der Waals surface area contributed by atoms with Crippen LogP contribution in [0, 0.1) is 17.6 Å². The zero-order valence-corrected chi connectivity index (χ0v) is 21.3. The fourth-order valence-corrected chi connectivity index (χ4v) is 7.57. The van der Waals surface area contributed by atoms with Crippen molar-refractivity contribution in [3.63, 3.8) is 0 Å². The molecule has 0 unspecified atom stereocenters. The van der Waals surface area contributed by atoms with Crippen molar-refractivity contribution in [1.82, 2.24) is 0 Å². The number of fused-ring (bicyclic) bond motifs is 1. The van der Waals surface area contributed by atoms with E-state index in [2.05, 4.69) is 9.47 Å². The zero-order valence-electron chi connectivity index (χ0n) is 19.7. The summed E-state index contributed by atoms with van der Waals surface area (Å²) in [5, 5.41) is 0.316. The summed E-state index contributed by atoms with van der Waals surface area (Å²) in [6.45, 7) is 0. The molecule has 0 atom stereocenters. The van der Waals surface area contributed by atoms with Gasteiger partial charge in [-0.25, -0.2) is 17.2 Å². The van der Waals surface area contributed by atoms with Gasteiger partial charge in [0, 0.05) is 17.0 Å². The molecule has 0 bridgehead atoms. The van der Waals surface area contributed by atoms with Crippen LogP contribution in [0.25, 0.3) is 0 Å². The van der Waals surface area contributed by atoms with E-state index in [4.69, 9.17) is 11.6 Å². The third-order valence-corrected chi connectivity index (χ3v) is 9.98. The van der Waals surface area contributed by atoms with Crippen molar-refractivity contribution in [3.8, 4) is 11.5 Å². The lowest BCUT2D eigenvalue weighted by molar-refractivity contribution is -0.286. The van der Waals surface area contributed by atoms with Crippen molar-refractivity contribution < 1.29 is 40.2 Å². The second kappa shape index (κ2) is 9.57. The summed E-state index contributed by atoms with van der Waals surface area (Å²) >= 11 is 5.92. The summed E-state index contributed by atoms with van der Waals surface area (Å²) in [5.41, 5.74) is -0.340. The number of hydrogen-bond acceptors (Lipinski definition) is 5. The molecule has 38 heavy (non-hydrogen) atoms. The molecule has 1 fully saturated rings. The van der Waals surface area contributed by atoms with Gasteiger partial charge in [0.25, 0.3) is 0 Å². The zero-order chi connectivity index (χ0) is 27.3. The number of ether oxygens (including phenoxy) is 2. The predicted octanol–water partition coefficient (Wildman–Crippen LogP) is 7.07. The molecular formula is C27H21ClF4O5S. The molecule has 0 amide bonds. The normalized spacial score (nSPS) is 22.3. The van der Waals surface area contributed by atoms with E-state index in [0.29, 0.717) is 5.02 Å². The molecule has 1 aliphatic carbocycles. The number of rotatable bonds is 6. The topological polar surface area (TPSA) is 69.7 Å². The number of carbonyl (C=O) groups excluding carboxylic acids is 1. The summed E-state index contributed by atoms with van der Waals surface area (Å²) in [7, 11) is -4.23. The molecule has 11 heteroatoms. The highest BCUT2D eigenvalue weighted by atomic mass is 35.5. The molecule has 1 aliphatic heterocycles. The number of Topliss-reactive ketones (excluding diaryl/α,β-unsaturated/α-hetero) is 1. The van der Waals surface area contributed by atoms with Crippen molar-refractivity contribution in [2.24, 2.45) is 5.92 Å². The second-order valence-electron chi connectivity index (χ2n) is 9.45. The van der Waals surface area contributed by atoms with Gasteiger partial charge in [0.1, 0.15) is 16.4 Å². The third kappa shape index (κ3) is 4.64. The van der Waals surface area contributed by atoms with Gasteiger partial charge < -0.3 is 9.47 Å². The van der Waals surface area contributed by atoms with Crippen LogP contribution in [0.2, 0.25) is 5.02 Å². The van der Waals surface area contributed by atoms with Gasteiger partial charge >= 0.3 is 6.29 Å². The molecule has 0 radical (unpaired) electrons. The standard InChI is InChI=1S/C27H21ClF4O5S/c28-17-4-7-19(8-5-17)38(34,35)26(21-15-18(29)6-9-22(21)30)12-10-16(11-13-26)14-23(33)20-2-1-3-24-25(20)37-27(31,32)36-24/h1-9,15-16H,10-14H2. The minimum Gasteiger partial charge on any atom is -0.395 e. The molecule has 3 aromatic carbocycles. The molecule has 0 N–H and O–H groups in total. The summed E-state index contributed by atoms with van der Waals surface area (Å²) in [6.07, 6.45) is -3.74. The third-order valence-electron chi connectivity index (χ3n) is 7.17. The van der Waals surface area contributed by atoms with E-state index in [1.54, 1.807) is 0 Å². The second-order valence-corrected chi connectivity index (χ2v) is 12.1. The van der Waals surface area contributed by atoms with Crippen molar-refractivity contribution in [3.05, 3.63) is 88.4 Å². The highest BCUT2D eigenvalue weighted by molar-refractivity contribution is 7.92. The SMILES string of the molecule is O=C(CC1CCC(c2cc(F)ccc2F)(S(=O)(=O)c2ccc(Cl)cc2)CC1)c1cccc2c1OC(F)(F)O2. The highest BCUT2D eigenvalue weighted by Crippen LogP contribution is 2.50. The van der Waals surface area contributed by atoms with Crippen LogP contribution in [0.1, 0.15) is 48.0 Å². The highest BCUT2D eigenvalue weighted by Gasteiger charge is 2.50. The summed E-state index contributed by atoms with van der Waals surface area (Å²) in [5.74, 6) is -3.03. The lowest BCUT2D eigenvalue weighted by Crippen LogP contribution is -2.41. The molecule has 200 valence electrons. The van der Waals surface area contributed by atoms with E-state index in [1.807, 2.05) is 0 Å². The van der Waals surface area contributed by atoms with Crippen molar-refractivity contribution >= 4 is 27.2 Å². The molecule has 2 aliphatic rings. The van der Waals surface area contributed by atoms with Gasteiger partial charge in [-0.2, -0.15) is 0 Å². The quantitative estimate of drug-likeness (QED) is 0.235. The Morgan fingerprint density at radius 3 is 2.34 bits per heavy atom. The monoisotopic (exact) mass is 568 g/mol. The number of para-hydroxylation sites is 1. The number of alkyl halides is 2. The molecule has 1 saturated carbocycles. The van der Waals surface area contributed by atoms with Crippen LogP contribution in [-0.2, 0) is 14.6 Å². The Morgan fingerprint density at radius 2 is 1.66 bits per heavy atom. The van der Waals surface area contributed by atoms with Gasteiger partial charge in [0.15, 0.2) is 27.1 Å². The van der Waals surface area contributed by atoms with Crippen LogP contribution in [0.3, 0.4) is 0 Å². The summed E-state index contributed by atoms with van der Waals surface area (Å²) in [4.78, 5) is 13.0. The van der Waals surface area contributed by atoms with Crippen LogP contribution in [0.15, 0.2) is 65.6 Å². The van der Waals surface area contributed by atoms with Crippen LogP contribution >= 0.6 is 11.6 Å². The maximum Gasteiger partial charge on any atom is 0.586 e. The van der Waals surface area contributed by atoms with Crippen LogP contribution in [0.4, 0.5) is 17.6 Å². The molecule has 3 aromatic rings. The molecule has 0 saturated heterocycles. The smallest absolute Gasteiger partial charge is 0.395 e. The van der Waals surface area contributed by atoms with Crippen LogP contribution < -0.4 is 9.47 Å². The first-order valence-corrected chi connectivity index (χ1v) is 13.7. The predicted molar refractivity (Wildman–Crippen MR) is 130 cm³/mol. The fourth-order valence-electron chi connectivity index (χ4n) is 5.28. The average Bonchev–Trinajstić information content (AvgIpc) is 3.20. The lowest BCUT2D eigenvalue weighted by Gasteiger charge is -2.40. The molecule has 0 spiro atoms. The van der Waals surface area contributed by atoms with E-state index in [1.165, 1.54) is 42.5 Å². The van der Waals surface area contributed by atoms with Crippen molar-refractivity contribution in [2.75, 3.05) is 0 Å². The Morgan fingerprint density at radius 1 is 0.974 bits per heavy atom. The largest absolute Gasteiger partial charge is 0.586 e. The first kappa shape index (κ1) is 26.5. The van der Waals surface area contributed by atoms with Gasteiger partial charge in [-0.3, -0.25) is 4.79 Å². The molecule has 5 nitrogen and oxygen atoms in total. The Labute approximate surface area is 221 Å². The van der Waals surface area contributed by atoms with Crippen molar-refractivity contribution in [1.29, 1.82) is 0 Å². The molecule has 0 aromatic heterocycles. The van der Waals surface area contributed by atoms with E-state index < -0.39 is 38.3 Å². The van der Waals surface area contributed by atoms with Crippen LogP contribution in [0.5, 0.6) is 11.5 Å². The van der Waals surface area contributed by atoms with Gasteiger partial charge in [-0.05, 0) is 86.2 Å². The lowest BCUT2D eigenvalue weighted by atomic mass is 9.75. The number of hydrogen-bond donors (Lipinski definition) is 0. The first-order chi connectivity index (χ1) is 17.9. The van der Waals surface area contributed by atoms with Gasteiger partial charge in [-0.1, -0.05) is 17.7 Å². The Bertz CT molecular complexity index is 1500. The van der Waals surface area contributed by atoms with Gasteiger partial charge in [-0.15, -0.1) is 8.78 Å². The number of ketones is 1. The molecule has 5 rings (SSSR count). The number of carbonyl (C=O) groups is 1. The maximum absolute atomic E-state index is 15.0. The number of sulfone groups is 1. The fraction of sp³-hybridized carbons (Fsp3) is 0.296. The Balaban J connectivity index is 1.43. The van der Waals surface area contributed by atoms with Gasteiger partial charge in [0.05, 0.1) is 10.5 Å². The van der Waals surface area contributed by atoms with E-state index in [0.717, 1.165) is 18.2 Å². The maximum atomic E-state index is 15.0. The number of benzene rings is 3.